The zero-order chi connectivity index (χ0) is 15.7. The van der Waals surface area contributed by atoms with Crippen molar-refractivity contribution in [2.75, 3.05) is 38.4 Å². The Morgan fingerprint density at radius 3 is 2.91 bits per heavy atom. The molecule has 118 valence electrons. The first-order valence-corrected chi connectivity index (χ1v) is 6.99. The molecule has 1 atom stereocenters. The second kappa shape index (κ2) is 5.80. The van der Waals surface area contributed by atoms with Crippen LogP contribution in [0.3, 0.4) is 0 Å². The monoisotopic (exact) mass is 308 g/mol. The van der Waals surface area contributed by atoms with Crippen molar-refractivity contribution in [2.24, 2.45) is 0 Å². The number of carbonyl (C=O) groups is 1. The average molecular weight is 308 g/mol. The molecule has 0 bridgehead atoms. The zero-order valence-electron chi connectivity index (χ0n) is 12.1. The van der Waals surface area contributed by atoms with E-state index < -0.39 is 10.9 Å². The van der Waals surface area contributed by atoms with Gasteiger partial charge in [0, 0.05) is 6.61 Å². The Bertz CT molecular complexity index is 612. The molecule has 0 radical (unpaired) electrons. The van der Waals surface area contributed by atoms with E-state index in [1.807, 2.05) is 0 Å². The normalized spacial score (nSPS) is 20.2. The van der Waals surface area contributed by atoms with Gasteiger partial charge in [-0.25, -0.2) is 4.79 Å². The summed E-state index contributed by atoms with van der Waals surface area (Å²) >= 11 is 0. The van der Waals surface area contributed by atoms with E-state index in [4.69, 9.17) is 9.47 Å². The van der Waals surface area contributed by atoms with Gasteiger partial charge >= 0.3 is 5.97 Å². The molecule has 1 fully saturated rings. The molecule has 22 heavy (non-hydrogen) atoms. The summed E-state index contributed by atoms with van der Waals surface area (Å²) in [5.41, 5.74) is 0.295. The van der Waals surface area contributed by atoms with Crippen LogP contribution < -0.4 is 9.64 Å². The first kappa shape index (κ1) is 14.6. The fourth-order valence-electron chi connectivity index (χ4n) is 2.84. The molecule has 1 aromatic carbocycles. The summed E-state index contributed by atoms with van der Waals surface area (Å²) in [5.74, 6) is -0.319. The van der Waals surface area contributed by atoms with Crippen LogP contribution in [0.15, 0.2) is 12.1 Å². The number of rotatable bonds is 3. The highest BCUT2D eigenvalue weighted by Crippen LogP contribution is 2.39. The second-order valence-corrected chi connectivity index (χ2v) is 5.15. The van der Waals surface area contributed by atoms with Crippen LogP contribution in [0.5, 0.6) is 5.75 Å². The van der Waals surface area contributed by atoms with Gasteiger partial charge in [-0.15, -0.1) is 0 Å². The fourth-order valence-corrected chi connectivity index (χ4v) is 2.84. The molecule has 0 saturated carbocycles. The number of hydrogen-bond donors (Lipinski definition) is 0. The Hall–Kier alpha value is -2.35. The lowest BCUT2D eigenvalue weighted by atomic mass is 10.1. The molecule has 0 N–H and O–H groups in total. The highest BCUT2D eigenvalue weighted by molar-refractivity contribution is 5.96. The summed E-state index contributed by atoms with van der Waals surface area (Å²) in [7, 11) is 1.20. The Labute approximate surface area is 126 Å². The highest BCUT2D eigenvalue weighted by atomic mass is 16.6. The lowest BCUT2D eigenvalue weighted by Crippen LogP contribution is -2.41. The number of ether oxygens (including phenoxy) is 3. The third-order valence-electron chi connectivity index (χ3n) is 3.92. The van der Waals surface area contributed by atoms with E-state index in [2.05, 4.69) is 9.64 Å². The van der Waals surface area contributed by atoms with Crippen molar-refractivity contribution in [3.63, 3.8) is 0 Å². The molecule has 1 unspecified atom stereocenters. The van der Waals surface area contributed by atoms with Crippen LogP contribution in [0, 0.1) is 10.1 Å². The van der Waals surface area contributed by atoms with E-state index in [0.717, 1.165) is 6.42 Å². The van der Waals surface area contributed by atoms with Crippen molar-refractivity contribution in [2.45, 2.75) is 12.5 Å². The van der Waals surface area contributed by atoms with Crippen molar-refractivity contribution < 1.29 is 23.9 Å². The molecule has 0 aliphatic carbocycles. The number of nitro benzene ring substituents is 1. The smallest absolute Gasteiger partial charge is 0.344 e. The molecule has 1 aromatic rings. The number of nitro groups is 1. The average Bonchev–Trinajstić information content (AvgIpc) is 3.06. The highest BCUT2D eigenvalue weighted by Gasteiger charge is 2.32. The quantitative estimate of drug-likeness (QED) is 0.473. The number of hydrogen-bond acceptors (Lipinski definition) is 7. The zero-order valence-corrected chi connectivity index (χ0v) is 12.1. The minimum absolute atomic E-state index is 0.0688. The maximum absolute atomic E-state index is 11.8. The van der Waals surface area contributed by atoms with Gasteiger partial charge in [-0.1, -0.05) is 0 Å². The molecule has 0 amide bonds. The van der Waals surface area contributed by atoms with Gasteiger partial charge in [-0.2, -0.15) is 0 Å². The maximum Gasteiger partial charge on any atom is 0.344 e. The van der Waals surface area contributed by atoms with Crippen molar-refractivity contribution in [1.29, 1.82) is 0 Å². The van der Waals surface area contributed by atoms with Crippen LogP contribution in [-0.4, -0.2) is 50.4 Å². The van der Waals surface area contributed by atoms with Crippen molar-refractivity contribution in [1.82, 2.24) is 0 Å². The summed E-state index contributed by atoms with van der Waals surface area (Å²) in [5, 5.41) is 11.2. The van der Waals surface area contributed by atoms with Gasteiger partial charge in [0.15, 0.2) is 0 Å². The summed E-state index contributed by atoms with van der Waals surface area (Å²) in [4.78, 5) is 24.5. The van der Waals surface area contributed by atoms with E-state index in [1.165, 1.54) is 19.2 Å². The van der Waals surface area contributed by atoms with Crippen LogP contribution in [0.25, 0.3) is 0 Å². The molecular formula is C14H16N2O6. The Balaban J connectivity index is 2.07. The van der Waals surface area contributed by atoms with Crippen LogP contribution in [0.1, 0.15) is 16.8 Å². The van der Waals surface area contributed by atoms with Gasteiger partial charge < -0.3 is 19.1 Å². The van der Waals surface area contributed by atoms with Crippen LogP contribution in [0.2, 0.25) is 0 Å². The van der Waals surface area contributed by atoms with Gasteiger partial charge in [-0.3, -0.25) is 10.1 Å². The predicted octanol–water partition coefficient (Wildman–Crippen LogP) is 1.37. The number of nitrogens with zero attached hydrogens (tertiary/aromatic N) is 2. The molecule has 2 aliphatic rings. The van der Waals surface area contributed by atoms with Crippen LogP contribution >= 0.6 is 0 Å². The fraction of sp³-hybridized carbons (Fsp3) is 0.500. The first-order chi connectivity index (χ1) is 10.6. The molecule has 0 aromatic heterocycles. The number of fused-ring (bicyclic) bond motifs is 1. The number of anilines is 1. The van der Waals surface area contributed by atoms with E-state index in [1.54, 1.807) is 0 Å². The third-order valence-corrected chi connectivity index (χ3v) is 3.92. The molecule has 2 aliphatic heterocycles. The number of benzene rings is 1. The lowest BCUT2D eigenvalue weighted by molar-refractivity contribution is -0.385. The van der Waals surface area contributed by atoms with Gasteiger partial charge in [-0.05, 0) is 12.5 Å². The molecule has 3 rings (SSSR count). The van der Waals surface area contributed by atoms with Crippen molar-refractivity contribution in [3.8, 4) is 5.75 Å². The van der Waals surface area contributed by atoms with E-state index >= 15 is 0 Å². The van der Waals surface area contributed by atoms with E-state index in [0.29, 0.717) is 37.8 Å². The minimum Gasteiger partial charge on any atom is -0.489 e. The summed E-state index contributed by atoms with van der Waals surface area (Å²) in [6, 6.07) is 2.97. The van der Waals surface area contributed by atoms with E-state index in [-0.39, 0.29) is 17.3 Å². The van der Waals surface area contributed by atoms with Gasteiger partial charge in [0.05, 0.1) is 43.0 Å². The van der Waals surface area contributed by atoms with Gasteiger partial charge in [0.1, 0.15) is 17.9 Å². The largest absolute Gasteiger partial charge is 0.489 e. The Kier molecular flexibility index (Phi) is 3.84. The van der Waals surface area contributed by atoms with Crippen molar-refractivity contribution >= 4 is 17.3 Å². The summed E-state index contributed by atoms with van der Waals surface area (Å²) in [6.07, 6.45) is 0.879. The predicted molar refractivity (Wildman–Crippen MR) is 76.5 cm³/mol. The molecule has 1 saturated heterocycles. The van der Waals surface area contributed by atoms with Crippen LogP contribution in [0.4, 0.5) is 11.4 Å². The number of carbonyl (C=O) groups excluding carboxylic acids is 1. The first-order valence-electron chi connectivity index (χ1n) is 6.99. The number of methoxy groups -OCH3 is 1. The second-order valence-electron chi connectivity index (χ2n) is 5.15. The number of esters is 1. The Morgan fingerprint density at radius 2 is 2.27 bits per heavy atom. The SMILES string of the molecule is COC(=O)c1cc2c(cc1[N+](=O)[O-])OCCN2C1CCOC1. The molecule has 0 spiro atoms. The van der Waals surface area contributed by atoms with Crippen LogP contribution in [-0.2, 0) is 9.47 Å². The third kappa shape index (κ3) is 2.45. The van der Waals surface area contributed by atoms with Crippen molar-refractivity contribution in [3.05, 3.63) is 27.8 Å². The summed E-state index contributed by atoms with van der Waals surface area (Å²) in [6.45, 7) is 2.38. The topological polar surface area (TPSA) is 91.1 Å². The van der Waals surface area contributed by atoms with Gasteiger partial charge in [0.25, 0.3) is 5.69 Å². The van der Waals surface area contributed by atoms with Gasteiger partial charge in [0.2, 0.25) is 0 Å². The van der Waals surface area contributed by atoms with E-state index in [9.17, 15) is 14.9 Å². The molecule has 8 heteroatoms. The standard InChI is InChI=1S/C14H16N2O6/c1-20-14(17)10-6-12-13(7-11(10)16(18)19)22-5-3-15(12)9-2-4-21-8-9/h6-7,9H,2-5,8H2,1H3. The minimum atomic E-state index is -0.734. The molecule has 8 nitrogen and oxygen atoms in total. The maximum atomic E-state index is 11.8. The molecular weight excluding hydrogens is 292 g/mol. The summed E-state index contributed by atoms with van der Waals surface area (Å²) < 4.78 is 15.6. The lowest BCUT2D eigenvalue weighted by Gasteiger charge is -2.35. The molecule has 2 heterocycles. The Morgan fingerprint density at radius 1 is 1.45 bits per heavy atom.